The van der Waals surface area contributed by atoms with Crippen LogP contribution in [0.1, 0.15) is 46.0 Å². The molecule has 4 nitrogen and oxygen atoms in total. The van der Waals surface area contributed by atoms with E-state index in [1.165, 1.54) is 32.1 Å². The minimum absolute atomic E-state index is 0.505. The van der Waals surface area contributed by atoms with Gasteiger partial charge in [0.25, 0.3) is 0 Å². The molecule has 0 aliphatic carbocycles. The zero-order valence-electron chi connectivity index (χ0n) is 12.2. The van der Waals surface area contributed by atoms with Crippen LogP contribution >= 0.6 is 0 Å². The molecule has 1 atom stereocenters. The number of fused-ring (bicyclic) bond motifs is 1. The Morgan fingerprint density at radius 2 is 2.05 bits per heavy atom. The minimum atomic E-state index is 0.505. The Morgan fingerprint density at radius 1 is 1.21 bits per heavy atom. The summed E-state index contributed by atoms with van der Waals surface area (Å²) in [5, 5.41) is 3.58. The molecule has 2 aromatic rings. The lowest BCUT2D eigenvalue weighted by atomic mass is 10.1. The van der Waals surface area contributed by atoms with Crippen LogP contribution in [0.2, 0.25) is 0 Å². The number of pyridine rings is 1. The molecule has 0 saturated carbocycles. The zero-order chi connectivity index (χ0) is 13.7. The van der Waals surface area contributed by atoms with Crippen molar-refractivity contribution >= 4 is 16.9 Å². The molecule has 1 N–H and O–H groups in total. The molecular weight excluding hydrogens is 236 g/mol. The van der Waals surface area contributed by atoms with Gasteiger partial charge in [0.2, 0.25) is 0 Å². The molecule has 0 amide bonds. The van der Waals surface area contributed by atoms with Crippen molar-refractivity contribution in [2.75, 3.05) is 5.32 Å². The van der Waals surface area contributed by atoms with Crippen LogP contribution in [-0.2, 0) is 7.05 Å². The second-order valence-corrected chi connectivity index (χ2v) is 5.15. The van der Waals surface area contributed by atoms with E-state index in [9.17, 15) is 0 Å². The molecule has 0 radical (unpaired) electrons. The summed E-state index contributed by atoms with van der Waals surface area (Å²) >= 11 is 0. The summed E-state index contributed by atoms with van der Waals surface area (Å²) in [5.41, 5.74) is 2.10. The van der Waals surface area contributed by atoms with E-state index in [2.05, 4.69) is 29.1 Å². The molecule has 0 aliphatic heterocycles. The van der Waals surface area contributed by atoms with Crippen molar-refractivity contribution in [2.45, 2.75) is 52.0 Å². The third-order valence-electron chi connectivity index (χ3n) is 3.53. The first-order valence-corrected chi connectivity index (χ1v) is 7.28. The quantitative estimate of drug-likeness (QED) is 0.824. The topological polar surface area (TPSA) is 42.7 Å². The third-order valence-corrected chi connectivity index (χ3v) is 3.53. The second kappa shape index (κ2) is 6.55. The Labute approximate surface area is 115 Å². The van der Waals surface area contributed by atoms with Gasteiger partial charge in [0.05, 0.1) is 11.8 Å². The molecule has 0 bridgehead atoms. The monoisotopic (exact) mass is 260 g/mol. The summed E-state index contributed by atoms with van der Waals surface area (Å²) in [4.78, 5) is 8.91. The molecule has 2 heterocycles. The lowest BCUT2D eigenvalue weighted by molar-refractivity contribution is 0.563. The molecule has 0 aliphatic rings. The number of hydrogen-bond acceptors (Lipinski definition) is 3. The van der Waals surface area contributed by atoms with Gasteiger partial charge in [0.1, 0.15) is 5.52 Å². The van der Waals surface area contributed by atoms with Crippen LogP contribution < -0.4 is 5.32 Å². The molecule has 4 heteroatoms. The van der Waals surface area contributed by atoms with Crippen LogP contribution in [0.15, 0.2) is 18.6 Å². The molecule has 19 heavy (non-hydrogen) atoms. The Balaban J connectivity index is 2.18. The maximum atomic E-state index is 4.46. The van der Waals surface area contributed by atoms with Crippen molar-refractivity contribution in [3.8, 4) is 0 Å². The average molecular weight is 260 g/mol. The van der Waals surface area contributed by atoms with Crippen LogP contribution in [0.25, 0.3) is 11.0 Å². The van der Waals surface area contributed by atoms with E-state index in [0.717, 1.165) is 16.9 Å². The maximum absolute atomic E-state index is 4.46. The first-order chi connectivity index (χ1) is 9.26. The molecule has 0 fully saturated rings. The van der Waals surface area contributed by atoms with E-state index < -0.39 is 0 Å². The summed E-state index contributed by atoms with van der Waals surface area (Å²) in [6, 6.07) is 2.51. The highest BCUT2D eigenvalue weighted by Gasteiger charge is 2.12. The number of nitrogens with one attached hydrogen (secondary N) is 1. The number of unbranched alkanes of at least 4 members (excludes halogenated alkanes) is 1. The van der Waals surface area contributed by atoms with Crippen molar-refractivity contribution in [1.82, 2.24) is 14.5 Å². The summed E-state index contributed by atoms with van der Waals surface area (Å²) in [7, 11) is 2.01. The molecule has 2 aromatic heterocycles. The first kappa shape index (κ1) is 13.8. The van der Waals surface area contributed by atoms with E-state index in [1.807, 2.05) is 30.2 Å². The molecule has 1 unspecified atom stereocenters. The van der Waals surface area contributed by atoms with Gasteiger partial charge in [0, 0.05) is 19.3 Å². The van der Waals surface area contributed by atoms with Crippen molar-refractivity contribution in [1.29, 1.82) is 0 Å². The minimum Gasteiger partial charge on any atom is -0.365 e. The van der Waals surface area contributed by atoms with E-state index in [0.29, 0.717) is 6.04 Å². The molecule has 2 rings (SSSR count). The Hall–Kier alpha value is -1.58. The van der Waals surface area contributed by atoms with Crippen molar-refractivity contribution in [3.63, 3.8) is 0 Å². The van der Waals surface area contributed by atoms with E-state index in [-0.39, 0.29) is 0 Å². The summed E-state index contributed by atoms with van der Waals surface area (Å²) in [6.45, 7) is 4.47. The number of aromatic nitrogens is 3. The third kappa shape index (κ3) is 3.25. The summed E-state index contributed by atoms with van der Waals surface area (Å²) < 4.78 is 2.03. The Bertz CT molecular complexity index is 518. The second-order valence-electron chi connectivity index (χ2n) is 5.15. The van der Waals surface area contributed by atoms with Crippen LogP contribution in [0.4, 0.5) is 5.82 Å². The number of aryl methyl sites for hydroxylation is 1. The van der Waals surface area contributed by atoms with Crippen molar-refractivity contribution < 1.29 is 0 Å². The van der Waals surface area contributed by atoms with E-state index >= 15 is 0 Å². The number of imidazole rings is 1. The highest BCUT2D eigenvalue weighted by molar-refractivity contribution is 5.85. The van der Waals surface area contributed by atoms with Gasteiger partial charge in [-0.3, -0.25) is 0 Å². The highest BCUT2D eigenvalue weighted by atomic mass is 15.1. The van der Waals surface area contributed by atoms with Gasteiger partial charge in [-0.15, -0.1) is 0 Å². The van der Waals surface area contributed by atoms with Crippen LogP contribution in [0, 0.1) is 0 Å². The van der Waals surface area contributed by atoms with Gasteiger partial charge in [-0.25, -0.2) is 9.97 Å². The first-order valence-electron chi connectivity index (χ1n) is 7.28. The zero-order valence-corrected chi connectivity index (χ0v) is 12.2. The largest absolute Gasteiger partial charge is 0.365 e. The van der Waals surface area contributed by atoms with Crippen molar-refractivity contribution in [3.05, 3.63) is 18.6 Å². The van der Waals surface area contributed by atoms with Gasteiger partial charge in [0.15, 0.2) is 5.82 Å². The molecule has 104 valence electrons. The standard InChI is InChI=1S/C15H24N4/c1-4-6-8-12(7-5-2)18-15-14-13(9-10-16-15)19(3)11-17-14/h9-12H,4-8H2,1-3H3,(H,16,18). The predicted octanol–water partition coefficient (Wildman–Crippen LogP) is 3.74. The fourth-order valence-electron chi connectivity index (χ4n) is 2.45. The molecule has 0 saturated heterocycles. The molecule has 0 spiro atoms. The van der Waals surface area contributed by atoms with Gasteiger partial charge >= 0.3 is 0 Å². The normalized spacial score (nSPS) is 12.8. The number of anilines is 1. The molecule has 0 aromatic carbocycles. The van der Waals surface area contributed by atoms with Gasteiger partial charge in [-0.1, -0.05) is 33.1 Å². The smallest absolute Gasteiger partial charge is 0.154 e. The highest BCUT2D eigenvalue weighted by Crippen LogP contribution is 2.21. The predicted molar refractivity (Wildman–Crippen MR) is 80.4 cm³/mol. The lowest BCUT2D eigenvalue weighted by Crippen LogP contribution is -2.20. The Kier molecular flexibility index (Phi) is 4.77. The molecular formula is C15H24N4. The van der Waals surface area contributed by atoms with Crippen LogP contribution in [0.3, 0.4) is 0 Å². The summed E-state index contributed by atoms with van der Waals surface area (Å²) in [6.07, 6.45) is 9.78. The fraction of sp³-hybridized carbons (Fsp3) is 0.600. The number of nitrogens with zero attached hydrogens (tertiary/aromatic N) is 3. The maximum Gasteiger partial charge on any atom is 0.154 e. The van der Waals surface area contributed by atoms with Crippen molar-refractivity contribution in [2.24, 2.45) is 7.05 Å². The van der Waals surface area contributed by atoms with E-state index in [1.54, 1.807) is 0 Å². The Morgan fingerprint density at radius 3 is 2.79 bits per heavy atom. The number of hydrogen-bond donors (Lipinski definition) is 1. The van der Waals surface area contributed by atoms with E-state index in [4.69, 9.17) is 0 Å². The van der Waals surface area contributed by atoms with Crippen LogP contribution in [-0.4, -0.2) is 20.6 Å². The SMILES string of the molecule is CCCCC(CCC)Nc1nccc2c1ncn2C. The van der Waals surface area contributed by atoms with Crippen LogP contribution in [0.5, 0.6) is 0 Å². The number of rotatable bonds is 7. The lowest BCUT2D eigenvalue weighted by Gasteiger charge is -2.18. The van der Waals surface area contributed by atoms with Gasteiger partial charge in [-0.05, 0) is 18.9 Å². The summed E-state index contributed by atoms with van der Waals surface area (Å²) in [5.74, 6) is 0.924. The average Bonchev–Trinajstić information content (AvgIpc) is 2.79. The van der Waals surface area contributed by atoms with Gasteiger partial charge in [-0.2, -0.15) is 0 Å². The van der Waals surface area contributed by atoms with Gasteiger partial charge < -0.3 is 9.88 Å². The fourth-order valence-corrected chi connectivity index (χ4v) is 2.45.